The SMILES string of the molecule is C=C(O)[C@H](CS)NC(=O)[C@H](OC(=O)CCCCCCCCCCC)[C@@H](OC(=O)CCCCCCCCCCC)C(=O)O. The van der Waals surface area contributed by atoms with E-state index in [9.17, 15) is 29.4 Å². The van der Waals surface area contributed by atoms with Gasteiger partial charge in [-0.05, 0) is 12.8 Å². The molecular formula is C32H57NO8S. The predicted octanol–water partition coefficient (Wildman–Crippen LogP) is 7.22. The van der Waals surface area contributed by atoms with Crippen LogP contribution in [0.3, 0.4) is 0 Å². The van der Waals surface area contributed by atoms with Gasteiger partial charge in [-0.15, -0.1) is 0 Å². The molecule has 0 saturated heterocycles. The first-order valence-electron chi connectivity index (χ1n) is 16.1. The van der Waals surface area contributed by atoms with E-state index in [4.69, 9.17) is 9.47 Å². The Morgan fingerprint density at radius 3 is 1.33 bits per heavy atom. The van der Waals surface area contributed by atoms with E-state index in [1.807, 2.05) is 0 Å². The van der Waals surface area contributed by atoms with Gasteiger partial charge < -0.3 is 25.0 Å². The van der Waals surface area contributed by atoms with Crippen LogP contribution in [0.15, 0.2) is 12.3 Å². The monoisotopic (exact) mass is 615 g/mol. The van der Waals surface area contributed by atoms with Crippen molar-refractivity contribution in [1.82, 2.24) is 5.32 Å². The van der Waals surface area contributed by atoms with E-state index in [1.165, 1.54) is 51.4 Å². The minimum Gasteiger partial charge on any atom is -0.511 e. The number of aliphatic hydroxyl groups excluding tert-OH is 1. The van der Waals surface area contributed by atoms with Gasteiger partial charge in [-0.1, -0.05) is 123 Å². The second kappa shape index (κ2) is 26.4. The summed E-state index contributed by atoms with van der Waals surface area (Å²) in [7, 11) is 0. The number of aliphatic carboxylic acids is 1. The molecule has 0 saturated carbocycles. The number of thiol groups is 1. The fourth-order valence-corrected chi connectivity index (χ4v) is 4.85. The first-order valence-corrected chi connectivity index (χ1v) is 16.7. The summed E-state index contributed by atoms with van der Waals surface area (Å²) in [5, 5.41) is 21.9. The third-order valence-corrected chi connectivity index (χ3v) is 7.53. The standard InChI is InChI=1S/C32H57NO8S/c1-4-6-8-10-12-14-16-18-20-22-27(35)40-29(31(37)33-26(24-42)25(3)34)30(32(38)39)41-28(36)23-21-19-17-15-13-11-9-7-5-2/h26,29-30,34,42H,3-24H2,1-2H3,(H,33,37)(H,38,39)/t26-,29+,30+/m0/s1. The fraction of sp³-hybridized carbons (Fsp3) is 0.812. The number of hydrogen-bond acceptors (Lipinski definition) is 8. The fourth-order valence-electron chi connectivity index (χ4n) is 4.54. The number of aliphatic hydroxyl groups is 1. The first kappa shape index (κ1) is 39.8. The molecule has 0 rings (SSSR count). The summed E-state index contributed by atoms with van der Waals surface area (Å²) in [6.07, 6.45) is 14.9. The predicted molar refractivity (Wildman–Crippen MR) is 169 cm³/mol. The van der Waals surface area contributed by atoms with Crippen molar-refractivity contribution < 1.29 is 38.9 Å². The number of nitrogens with one attached hydrogen (secondary N) is 1. The summed E-state index contributed by atoms with van der Waals surface area (Å²) in [5.74, 6) is -4.60. The Bertz CT molecular complexity index is 776. The molecule has 0 aliphatic rings. The van der Waals surface area contributed by atoms with Gasteiger partial charge in [0.15, 0.2) is 0 Å². The molecule has 0 radical (unpaired) electrons. The van der Waals surface area contributed by atoms with Gasteiger partial charge in [0.2, 0.25) is 12.2 Å². The van der Waals surface area contributed by atoms with Crippen LogP contribution >= 0.6 is 12.6 Å². The Balaban J connectivity index is 4.98. The van der Waals surface area contributed by atoms with Crippen molar-refractivity contribution >= 4 is 36.4 Å². The molecule has 244 valence electrons. The number of carbonyl (C=O) groups is 4. The first-order chi connectivity index (χ1) is 20.2. The van der Waals surface area contributed by atoms with Crippen LogP contribution < -0.4 is 5.32 Å². The van der Waals surface area contributed by atoms with Crippen LogP contribution in [-0.4, -0.2) is 58.0 Å². The van der Waals surface area contributed by atoms with E-state index < -0.39 is 47.8 Å². The number of carboxylic acids is 1. The molecule has 9 nitrogen and oxygen atoms in total. The Morgan fingerprint density at radius 1 is 0.643 bits per heavy atom. The number of hydrogen-bond donors (Lipinski definition) is 4. The van der Waals surface area contributed by atoms with Crippen molar-refractivity contribution in [3.63, 3.8) is 0 Å². The minimum absolute atomic E-state index is 0.00104. The van der Waals surface area contributed by atoms with Crippen molar-refractivity contribution in [2.75, 3.05) is 5.75 Å². The highest BCUT2D eigenvalue weighted by Gasteiger charge is 2.41. The van der Waals surface area contributed by atoms with Gasteiger partial charge in [0.1, 0.15) is 5.76 Å². The summed E-state index contributed by atoms with van der Waals surface area (Å²) in [5.41, 5.74) is 0. The number of amides is 1. The third-order valence-electron chi connectivity index (χ3n) is 7.16. The summed E-state index contributed by atoms with van der Waals surface area (Å²) in [4.78, 5) is 50.2. The molecule has 42 heavy (non-hydrogen) atoms. The van der Waals surface area contributed by atoms with E-state index in [1.54, 1.807) is 0 Å². The molecule has 0 unspecified atom stereocenters. The number of rotatable bonds is 28. The molecule has 0 heterocycles. The van der Waals surface area contributed by atoms with E-state index in [0.717, 1.165) is 51.4 Å². The lowest BCUT2D eigenvalue weighted by molar-refractivity contribution is -0.182. The van der Waals surface area contributed by atoms with Crippen molar-refractivity contribution in [1.29, 1.82) is 0 Å². The molecule has 0 aromatic heterocycles. The quantitative estimate of drug-likeness (QED) is 0.0313. The smallest absolute Gasteiger partial charge is 0.349 e. The van der Waals surface area contributed by atoms with Crippen LogP contribution in [0.1, 0.15) is 142 Å². The van der Waals surface area contributed by atoms with Crippen LogP contribution in [0.5, 0.6) is 0 Å². The molecule has 0 aromatic rings. The topological polar surface area (TPSA) is 139 Å². The molecule has 0 aliphatic heterocycles. The Hall–Kier alpha value is -2.23. The average molecular weight is 616 g/mol. The van der Waals surface area contributed by atoms with Crippen molar-refractivity contribution in [3.8, 4) is 0 Å². The average Bonchev–Trinajstić information content (AvgIpc) is 2.95. The maximum atomic E-state index is 13.0. The van der Waals surface area contributed by atoms with Gasteiger partial charge in [0, 0.05) is 18.6 Å². The molecular weight excluding hydrogens is 558 g/mol. The van der Waals surface area contributed by atoms with Crippen LogP contribution in [0.2, 0.25) is 0 Å². The Morgan fingerprint density at radius 2 is 1.00 bits per heavy atom. The molecule has 1 amide bonds. The lowest BCUT2D eigenvalue weighted by atomic mass is 10.1. The number of carboxylic acid groups (broad SMARTS) is 1. The zero-order valence-electron chi connectivity index (χ0n) is 26.1. The molecule has 10 heteroatoms. The lowest BCUT2D eigenvalue weighted by Gasteiger charge is -2.25. The van der Waals surface area contributed by atoms with Gasteiger partial charge in [-0.2, -0.15) is 12.6 Å². The van der Waals surface area contributed by atoms with Crippen molar-refractivity contribution in [2.45, 2.75) is 161 Å². The lowest BCUT2D eigenvalue weighted by Crippen LogP contribution is -2.53. The minimum atomic E-state index is -2.03. The van der Waals surface area contributed by atoms with Gasteiger partial charge in [0.05, 0.1) is 6.04 Å². The molecule has 0 aliphatic carbocycles. The Labute approximate surface area is 259 Å². The summed E-state index contributed by atoms with van der Waals surface area (Å²) < 4.78 is 10.4. The maximum Gasteiger partial charge on any atom is 0.349 e. The number of esters is 2. The Kier molecular flexibility index (Phi) is 25.0. The van der Waals surface area contributed by atoms with Gasteiger partial charge in [-0.25, -0.2) is 4.79 Å². The highest BCUT2D eigenvalue weighted by molar-refractivity contribution is 7.80. The molecule has 0 aromatic carbocycles. The van der Waals surface area contributed by atoms with E-state index in [-0.39, 0.29) is 18.6 Å². The van der Waals surface area contributed by atoms with Gasteiger partial charge in [-0.3, -0.25) is 14.4 Å². The van der Waals surface area contributed by atoms with Gasteiger partial charge in [0.25, 0.3) is 5.91 Å². The largest absolute Gasteiger partial charge is 0.511 e. The van der Waals surface area contributed by atoms with Crippen LogP contribution in [-0.2, 0) is 28.7 Å². The van der Waals surface area contributed by atoms with Crippen LogP contribution in [0, 0.1) is 0 Å². The van der Waals surface area contributed by atoms with E-state index in [0.29, 0.717) is 12.8 Å². The highest BCUT2D eigenvalue weighted by atomic mass is 32.1. The third kappa shape index (κ3) is 20.6. The zero-order chi connectivity index (χ0) is 31.6. The van der Waals surface area contributed by atoms with E-state index >= 15 is 0 Å². The van der Waals surface area contributed by atoms with Crippen LogP contribution in [0.25, 0.3) is 0 Å². The second-order valence-electron chi connectivity index (χ2n) is 11.1. The number of carbonyl (C=O) groups excluding carboxylic acids is 3. The number of ether oxygens (including phenoxy) is 2. The maximum absolute atomic E-state index is 13.0. The summed E-state index contributed by atoms with van der Waals surface area (Å²) >= 11 is 4.05. The second-order valence-corrected chi connectivity index (χ2v) is 11.4. The molecule has 3 N–H and O–H groups in total. The normalized spacial score (nSPS) is 13.1. The number of unbranched alkanes of at least 4 members (excludes halogenated alkanes) is 16. The molecule has 0 fully saturated rings. The van der Waals surface area contributed by atoms with Crippen LogP contribution in [0.4, 0.5) is 0 Å². The summed E-state index contributed by atoms with van der Waals surface area (Å²) in [6.45, 7) is 7.72. The zero-order valence-corrected chi connectivity index (χ0v) is 27.0. The molecule has 0 spiro atoms. The van der Waals surface area contributed by atoms with Gasteiger partial charge >= 0.3 is 17.9 Å². The summed E-state index contributed by atoms with van der Waals surface area (Å²) in [6, 6.07) is -1.01. The van der Waals surface area contributed by atoms with Crippen molar-refractivity contribution in [3.05, 3.63) is 12.3 Å². The van der Waals surface area contributed by atoms with E-state index in [2.05, 4.69) is 38.4 Å². The molecule has 0 bridgehead atoms. The van der Waals surface area contributed by atoms with Crippen molar-refractivity contribution in [2.24, 2.45) is 0 Å². The molecule has 3 atom stereocenters. The highest BCUT2D eigenvalue weighted by Crippen LogP contribution is 2.16.